The van der Waals surface area contributed by atoms with E-state index in [4.69, 9.17) is 9.84 Å². The number of halogens is 1. The molecule has 8 heteroatoms. The SMILES string of the molecule is CC(=O)Nc1ccc(F)c(C(=O)N2CCC(Oc3cccc(C(=O)O)c3)C2)c1. The van der Waals surface area contributed by atoms with Crippen LogP contribution in [-0.4, -0.2) is 47.0 Å². The standard InChI is InChI=1S/C20H19FN2O5/c1-12(24)22-14-5-6-18(21)17(10-14)19(25)23-8-7-16(11-23)28-15-4-2-3-13(9-15)20(26)27/h2-6,9-10,16H,7-8,11H2,1H3,(H,22,24)(H,26,27). The largest absolute Gasteiger partial charge is 0.488 e. The number of amides is 2. The van der Waals surface area contributed by atoms with Crippen molar-refractivity contribution in [3.63, 3.8) is 0 Å². The molecule has 28 heavy (non-hydrogen) atoms. The number of ether oxygens (including phenoxy) is 1. The third kappa shape index (κ3) is 4.46. The molecule has 7 nitrogen and oxygen atoms in total. The minimum Gasteiger partial charge on any atom is -0.488 e. The number of carbonyl (C=O) groups is 3. The number of hydrogen-bond acceptors (Lipinski definition) is 4. The summed E-state index contributed by atoms with van der Waals surface area (Å²) >= 11 is 0. The third-order valence-electron chi connectivity index (χ3n) is 4.33. The van der Waals surface area contributed by atoms with E-state index in [9.17, 15) is 18.8 Å². The molecule has 0 spiro atoms. The van der Waals surface area contributed by atoms with Crippen LogP contribution in [0.25, 0.3) is 0 Å². The second-order valence-electron chi connectivity index (χ2n) is 6.49. The molecule has 0 aliphatic carbocycles. The Morgan fingerprint density at radius 2 is 2.00 bits per heavy atom. The number of hydrogen-bond donors (Lipinski definition) is 2. The summed E-state index contributed by atoms with van der Waals surface area (Å²) in [7, 11) is 0. The molecule has 1 heterocycles. The number of nitrogens with zero attached hydrogens (tertiary/aromatic N) is 1. The Kier molecular flexibility index (Phi) is 5.58. The lowest BCUT2D eigenvalue weighted by atomic mass is 10.1. The van der Waals surface area contributed by atoms with E-state index in [-0.39, 0.29) is 29.7 Å². The van der Waals surface area contributed by atoms with Gasteiger partial charge in [-0.25, -0.2) is 9.18 Å². The molecule has 2 N–H and O–H groups in total. The summed E-state index contributed by atoms with van der Waals surface area (Å²) in [6.07, 6.45) is 0.213. The second kappa shape index (κ2) is 8.08. The number of anilines is 1. The summed E-state index contributed by atoms with van der Waals surface area (Å²) in [5.74, 6) is -2.13. The predicted octanol–water partition coefficient (Wildman–Crippen LogP) is 2.78. The number of carbonyl (C=O) groups excluding carboxylic acids is 2. The van der Waals surface area contributed by atoms with E-state index in [1.165, 1.54) is 36.1 Å². The Labute approximate surface area is 160 Å². The number of benzene rings is 2. The highest BCUT2D eigenvalue weighted by molar-refractivity contribution is 5.97. The van der Waals surface area contributed by atoms with Gasteiger partial charge >= 0.3 is 5.97 Å². The summed E-state index contributed by atoms with van der Waals surface area (Å²) in [5.41, 5.74) is 0.329. The molecule has 1 fully saturated rings. The van der Waals surface area contributed by atoms with Crippen LogP contribution in [0.2, 0.25) is 0 Å². The summed E-state index contributed by atoms with van der Waals surface area (Å²) in [4.78, 5) is 36.4. The molecule has 1 atom stereocenters. The highest BCUT2D eigenvalue weighted by atomic mass is 19.1. The van der Waals surface area contributed by atoms with Crippen molar-refractivity contribution in [3.8, 4) is 5.75 Å². The zero-order chi connectivity index (χ0) is 20.3. The van der Waals surface area contributed by atoms with Gasteiger partial charge in [0.25, 0.3) is 5.91 Å². The first-order valence-corrected chi connectivity index (χ1v) is 8.70. The molecular weight excluding hydrogens is 367 g/mol. The minimum atomic E-state index is -1.05. The molecular formula is C20H19FN2O5. The van der Waals surface area contributed by atoms with Crippen LogP contribution in [0.4, 0.5) is 10.1 Å². The number of likely N-dealkylation sites (tertiary alicyclic amines) is 1. The number of aromatic carboxylic acids is 1. The van der Waals surface area contributed by atoms with Gasteiger partial charge in [0.05, 0.1) is 17.7 Å². The number of carboxylic acids is 1. The van der Waals surface area contributed by atoms with Gasteiger partial charge in [-0.05, 0) is 36.4 Å². The number of rotatable bonds is 5. The van der Waals surface area contributed by atoms with E-state index >= 15 is 0 Å². The predicted molar refractivity (Wildman–Crippen MR) is 99.0 cm³/mol. The van der Waals surface area contributed by atoms with Gasteiger partial charge in [0.2, 0.25) is 5.91 Å². The molecule has 1 unspecified atom stereocenters. The molecule has 1 aliphatic heterocycles. The summed E-state index contributed by atoms with van der Waals surface area (Å²) in [6, 6.07) is 9.95. The molecule has 146 valence electrons. The van der Waals surface area contributed by atoms with E-state index in [1.807, 2.05) is 0 Å². The molecule has 2 aromatic rings. The molecule has 0 radical (unpaired) electrons. The van der Waals surface area contributed by atoms with Crippen LogP contribution >= 0.6 is 0 Å². The van der Waals surface area contributed by atoms with Crippen molar-refractivity contribution >= 4 is 23.5 Å². The van der Waals surface area contributed by atoms with Crippen molar-refractivity contribution in [1.29, 1.82) is 0 Å². The van der Waals surface area contributed by atoms with Crippen molar-refractivity contribution in [3.05, 3.63) is 59.4 Å². The Bertz CT molecular complexity index is 931. The maximum absolute atomic E-state index is 14.1. The van der Waals surface area contributed by atoms with Gasteiger partial charge in [-0.15, -0.1) is 0 Å². The first kappa shape index (κ1) is 19.3. The van der Waals surface area contributed by atoms with Gasteiger partial charge in [-0.1, -0.05) is 6.07 Å². The van der Waals surface area contributed by atoms with Crippen molar-refractivity contribution in [1.82, 2.24) is 4.90 Å². The number of carboxylic acid groups (broad SMARTS) is 1. The van der Waals surface area contributed by atoms with Gasteiger partial charge < -0.3 is 20.1 Å². The van der Waals surface area contributed by atoms with E-state index in [0.29, 0.717) is 24.4 Å². The smallest absolute Gasteiger partial charge is 0.335 e. The van der Waals surface area contributed by atoms with Crippen molar-refractivity contribution < 1.29 is 28.6 Å². The van der Waals surface area contributed by atoms with Crippen LogP contribution in [0, 0.1) is 5.82 Å². The first-order chi connectivity index (χ1) is 13.3. The van der Waals surface area contributed by atoms with E-state index in [0.717, 1.165) is 6.07 Å². The van der Waals surface area contributed by atoms with E-state index in [1.54, 1.807) is 12.1 Å². The lowest BCUT2D eigenvalue weighted by Gasteiger charge is -2.18. The monoisotopic (exact) mass is 386 g/mol. The van der Waals surface area contributed by atoms with E-state index < -0.39 is 17.7 Å². The van der Waals surface area contributed by atoms with E-state index in [2.05, 4.69) is 5.32 Å². The van der Waals surface area contributed by atoms with Crippen LogP contribution in [0.1, 0.15) is 34.1 Å². The van der Waals surface area contributed by atoms with Gasteiger partial charge in [0.15, 0.2) is 0 Å². The molecule has 1 saturated heterocycles. The lowest BCUT2D eigenvalue weighted by Crippen LogP contribution is -2.31. The fourth-order valence-electron chi connectivity index (χ4n) is 3.04. The average Bonchev–Trinajstić information content (AvgIpc) is 3.11. The van der Waals surface area contributed by atoms with Gasteiger partial charge in [0.1, 0.15) is 17.7 Å². The van der Waals surface area contributed by atoms with Crippen molar-refractivity contribution in [2.24, 2.45) is 0 Å². The van der Waals surface area contributed by atoms with Crippen LogP contribution in [-0.2, 0) is 4.79 Å². The van der Waals surface area contributed by atoms with Crippen molar-refractivity contribution in [2.75, 3.05) is 18.4 Å². The summed E-state index contributed by atoms with van der Waals surface area (Å²) in [6.45, 7) is 1.96. The molecule has 2 amide bonds. The molecule has 3 rings (SSSR count). The molecule has 0 bridgehead atoms. The number of nitrogens with one attached hydrogen (secondary N) is 1. The molecule has 0 aromatic heterocycles. The zero-order valence-corrected chi connectivity index (χ0v) is 15.1. The van der Waals surface area contributed by atoms with Gasteiger partial charge in [-0.2, -0.15) is 0 Å². The van der Waals surface area contributed by atoms with Crippen LogP contribution in [0.5, 0.6) is 5.75 Å². The van der Waals surface area contributed by atoms with Gasteiger partial charge in [0, 0.05) is 25.6 Å². The van der Waals surface area contributed by atoms with Crippen molar-refractivity contribution in [2.45, 2.75) is 19.4 Å². The van der Waals surface area contributed by atoms with Gasteiger partial charge in [-0.3, -0.25) is 9.59 Å². The molecule has 0 saturated carbocycles. The quantitative estimate of drug-likeness (QED) is 0.824. The van der Waals surface area contributed by atoms with Crippen LogP contribution in [0.15, 0.2) is 42.5 Å². The highest BCUT2D eigenvalue weighted by Crippen LogP contribution is 2.23. The Morgan fingerprint density at radius 3 is 2.71 bits per heavy atom. The Balaban J connectivity index is 1.68. The Hall–Kier alpha value is -3.42. The normalized spacial score (nSPS) is 15.9. The topological polar surface area (TPSA) is 95.9 Å². The Morgan fingerprint density at radius 1 is 1.21 bits per heavy atom. The second-order valence-corrected chi connectivity index (χ2v) is 6.49. The fourth-order valence-corrected chi connectivity index (χ4v) is 3.04. The lowest BCUT2D eigenvalue weighted by molar-refractivity contribution is -0.114. The van der Waals surface area contributed by atoms with Crippen LogP contribution in [0.3, 0.4) is 0 Å². The molecule has 2 aromatic carbocycles. The highest BCUT2D eigenvalue weighted by Gasteiger charge is 2.30. The summed E-state index contributed by atoms with van der Waals surface area (Å²) < 4.78 is 19.9. The van der Waals surface area contributed by atoms with Crippen LogP contribution < -0.4 is 10.1 Å². The summed E-state index contributed by atoms with van der Waals surface area (Å²) in [5, 5.41) is 11.6. The minimum absolute atomic E-state index is 0.111. The average molecular weight is 386 g/mol. The molecule has 1 aliphatic rings. The fraction of sp³-hybridized carbons (Fsp3) is 0.250. The maximum atomic E-state index is 14.1. The first-order valence-electron chi connectivity index (χ1n) is 8.70. The zero-order valence-electron chi connectivity index (χ0n) is 15.1. The third-order valence-corrected chi connectivity index (χ3v) is 4.33. The maximum Gasteiger partial charge on any atom is 0.335 e.